The zero-order valence-corrected chi connectivity index (χ0v) is 30.0. The Balaban J connectivity index is 1.31. The Morgan fingerprint density at radius 1 is 0.264 bits per heavy atom. The summed E-state index contributed by atoms with van der Waals surface area (Å²) in [6.07, 6.45) is 0. The van der Waals surface area contributed by atoms with Gasteiger partial charge in [0.1, 0.15) is 0 Å². The number of anilines is 9. The van der Waals surface area contributed by atoms with Crippen molar-refractivity contribution in [2.24, 2.45) is 0 Å². The van der Waals surface area contributed by atoms with Gasteiger partial charge >= 0.3 is 0 Å². The second-order valence-electron chi connectivity index (χ2n) is 13.3. The van der Waals surface area contributed by atoms with Crippen molar-refractivity contribution in [1.29, 1.82) is 0 Å². The van der Waals surface area contributed by atoms with E-state index in [4.69, 9.17) is 0 Å². The molecule has 3 nitrogen and oxygen atoms in total. The largest absolute Gasteiger partial charge is 0.310 e. The maximum atomic E-state index is 2.37. The number of hydrogen-bond acceptors (Lipinski definition) is 3. The monoisotopic (exact) mass is 683 g/mol. The Kier molecular flexibility index (Phi) is 9.54. The molecule has 0 fully saturated rings. The highest BCUT2D eigenvalue weighted by Gasteiger charge is 2.21. The predicted octanol–water partition coefficient (Wildman–Crippen LogP) is 14.4. The van der Waals surface area contributed by atoms with E-state index in [2.05, 4.69) is 241 Å². The van der Waals surface area contributed by atoms with Gasteiger partial charge in [-0.3, -0.25) is 0 Å². The van der Waals surface area contributed by atoms with Gasteiger partial charge in [0.2, 0.25) is 0 Å². The molecule has 53 heavy (non-hydrogen) atoms. The summed E-state index contributed by atoms with van der Waals surface area (Å²) in [6, 6.07) is 75.7. The summed E-state index contributed by atoms with van der Waals surface area (Å²) >= 11 is 0. The maximum Gasteiger partial charge on any atom is 0.0560 e. The molecule has 0 atom stereocenters. The van der Waals surface area contributed by atoms with Crippen molar-refractivity contribution in [2.45, 2.75) is 13.8 Å². The van der Waals surface area contributed by atoms with Crippen LogP contribution in [0, 0.1) is 13.8 Å². The fraction of sp³-hybridized carbons (Fsp3) is 0.0400. The van der Waals surface area contributed by atoms with Crippen LogP contribution in [0.15, 0.2) is 212 Å². The molecule has 8 rings (SSSR count). The lowest BCUT2D eigenvalue weighted by atomic mass is 9.99. The van der Waals surface area contributed by atoms with Gasteiger partial charge in [0, 0.05) is 51.1 Å². The fourth-order valence-corrected chi connectivity index (χ4v) is 7.04. The average Bonchev–Trinajstić information content (AvgIpc) is 3.21. The minimum Gasteiger partial charge on any atom is -0.310 e. The third-order valence-corrected chi connectivity index (χ3v) is 9.49. The van der Waals surface area contributed by atoms with Crippen LogP contribution in [0.1, 0.15) is 11.1 Å². The average molecular weight is 684 g/mol. The van der Waals surface area contributed by atoms with Crippen molar-refractivity contribution >= 4 is 51.2 Å². The smallest absolute Gasteiger partial charge is 0.0560 e. The summed E-state index contributed by atoms with van der Waals surface area (Å²) in [4.78, 5) is 7.03. The summed E-state index contributed by atoms with van der Waals surface area (Å²) in [5.41, 5.74) is 14.6. The van der Waals surface area contributed by atoms with E-state index in [-0.39, 0.29) is 0 Å². The SMILES string of the molecule is Cc1cccc(N(c2ccccc2)c2ccc(-c3ccc(N(c4ccccc4)c4cccc(C)c4)cc3N(c3ccccc3)c3ccccc3)cc2)c1. The molecule has 0 saturated heterocycles. The number of para-hydroxylation sites is 4. The first kappa shape index (κ1) is 33.3. The molecule has 0 aliphatic carbocycles. The summed E-state index contributed by atoms with van der Waals surface area (Å²) in [7, 11) is 0. The van der Waals surface area contributed by atoms with Gasteiger partial charge in [0.15, 0.2) is 0 Å². The molecule has 256 valence electrons. The number of aryl methyl sites for hydroxylation is 2. The van der Waals surface area contributed by atoms with Crippen LogP contribution in [-0.2, 0) is 0 Å². The van der Waals surface area contributed by atoms with E-state index in [9.17, 15) is 0 Å². The van der Waals surface area contributed by atoms with Crippen molar-refractivity contribution in [2.75, 3.05) is 14.7 Å². The fourth-order valence-electron chi connectivity index (χ4n) is 7.04. The summed E-state index contributed by atoms with van der Waals surface area (Å²) in [5, 5.41) is 0. The van der Waals surface area contributed by atoms with Gasteiger partial charge in [-0.15, -0.1) is 0 Å². The van der Waals surface area contributed by atoms with Crippen molar-refractivity contribution < 1.29 is 0 Å². The molecule has 0 bridgehead atoms. The van der Waals surface area contributed by atoms with E-state index >= 15 is 0 Å². The Labute approximate surface area is 313 Å². The summed E-state index contributed by atoms with van der Waals surface area (Å²) in [6.45, 7) is 4.29. The minimum absolute atomic E-state index is 1.07. The van der Waals surface area contributed by atoms with E-state index in [0.29, 0.717) is 0 Å². The van der Waals surface area contributed by atoms with Gasteiger partial charge < -0.3 is 14.7 Å². The Bertz CT molecular complexity index is 2370. The lowest BCUT2D eigenvalue weighted by Gasteiger charge is -2.31. The zero-order chi connectivity index (χ0) is 36.0. The second kappa shape index (κ2) is 15.2. The summed E-state index contributed by atoms with van der Waals surface area (Å²) in [5.74, 6) is 0. The molecule has 0 aliphatic heterocycles. The van der Waals surface area contributed by atoms with Crippen LogP contribution in [0.2, 0.25) is 0 Å². The molecule has 3 heteroatoms. The first-order valence-corrected chi connectivity index (χ1v) is 18.1. The first-order chi connectivity index (χ1) is 26.1. The summed E-state index contributed by atoms with van der Waals surface area (Å²) < 4.78 is 0. The molecule has 0 N–H and O–H groups in total. The van der Waals surface area contributed by atoms with Crippen molar-refractivity contribution in [3.63, 3.8) is 0 Å². The molecule has 0 heterocycles. The molecule has 0 aliphatic rings. The van der Waals surface area contributed by atoms with Crippen LogP contribution in [0.3, 0.4) is 0 Å². The number of rotatable bonds is 10. The Morgan fingerprint density at radius 2 is 0.604 bits per heavy atom. The van der Waals surface area contributed by atoms with Crippen LogP contribution < -0.4 is 14.7 Å². The van der Waals surface area contributed by atoms with Crippen molar-refractivity contribution in [3.05, 3.63) is 223 Å². The van der Waals surface area contributed by atoms with E-state index in [1.165, 1.54) is 11.1 Å². The molecule has 0 amide bonds. The number of benzene rings is 8. The quantitative estimate of drug-likeness (QED) is 0.142. The van der Waals surface area contributed by atoms with Gasteiger partial charge in [0.25, 0.3) is 0 Å². The predicted molar refractivity (Wildman–Crippen MR) is 225 cm³/mol. The molecular formula is C50H41N3. The standard InChI is InChI=1S/C50H41N3/c1-38-17-15-27-46(35-38)51(41-19-7-3-8-20-41)45-31-29-40(30-32-45)49-34-33-48(52(42-21-9-4-10-22-42)47-28-16-18-39(2)36-47)37-50(49)53(43-23-11-5-12-24-43)44-25-13-6-14-26-44/h3-37H,1-2H3. The van der Waals surface area contributed by atoms with E-state index in [1.807, 2.05) is 0 Å². The third kappa shape index (κ3) is 7.19. The Morgan fingerprint density at radius 3 is 1.04 bits per heavy atom. The van der Waals surface area contributed by atoms with Crippen molar-refractivity contribution in [1.82, 2.24) is 0 Å². The number of hydrogen-bond donors (Lipinski definition) is 0. The van der Waals surface area contributed by atoms with Crippen LogP contribution in [0.5, 0.6) is 0 Å². The molecule has 0 unspecified atom stereocenters. The lowest BCUT2D eigenvalue weighted by Crippen LogP contribution is -2.14. The molecule has 8 aromatic rings. The zero-order valence-electron chi connectivity index (χ0n) is 30.0. The minimum atomic E-state index is 1.07. The van der Waals surface area contributed by atoms with Crippen molar-refractivity contribution in [3.8, 4) is 11.1 Å². The van der Waals surface area contributed by atoms with Gasteiger partial charge in [-0.05, 0) is 128 Å². The normalized spacial score (nSPS) is 10.8. The highest BCUT2D eigenvalue weighted by molar-refractivity contribution is 5.92. The van der Waals surface area contributed by atoms with Gasteiger partial charge in [-0.2, -0.15) is 0 Å². The maximum absolute atomic E-state index is 2.37. The molecule has 0 spiro atoms. The lowest BCUT2D eigenvalue weighted by molar-refractivity contribution is 1.24. The highest BCUT2D eigenvalue weighted by Crippen LogP contribution is 2.46. The van der Waals surface area contributed by atoms with Gasteiger partial charge in [-0.1, -0.05) is 115 Å². The molecule has 0 aromatic heterocycles. The first-order valence-electron chi connectivity index (χ1n) is 18.1. The van der Waals surface area contributed by atoms with Crippen LogP contribution in [-0.4, -0.2) is 0 Å². The third-order valence-electron chi connectivity index (χ3n) is 9.49. The van der Waals surface area contributed by atoms with Gasteiger partial charge in [-0.25, -0.2) is 0 Å². The van der Waals surface area contributed by atoms with E-state index in [1.54, 1.807) is 0 Å². The number of nitrogens with zero attached hydrogens (tertiary/aromatic N) is 3. The van der Waals surface area contributed by atoms with E-state index < -0.39 is 0 Å². The Hall–Kier alpha value is -6.84. The van der Waals surface area contributed by atoms with Gasteiger partial charge in [0.05, 0.1) is 5.69 Å². The second-order valence-corrected chi connectivity index (χ2v) is 13.3. The molecule has 0 radical (unpaired) electrons. The molecule has 0 saturated carbocycles. The van der Waals surface area contributed by atoms with Crippen LogP contribution in [0.4, 0.5) is 51.2 Å². The van der Waals surface area contributed by atoms with Crippen LogP contribution >= 0.6 is 0 Å². The topological polar surface area (TPSA) is 9.72 Å². The van der Waals surface area contributed by atoms with Crippen LogP contribution in [0.25, 0.3) is 11.1 Å². The molecular weight excluding hydrogens is 643 g/mol. The molecule has 8 aromatic carbocycles. The highest BCUT2D eigenvalue weighted by atomic mass is 15.2. The van der Waals surface area contributed by atoms with E-state index in [0.717, 1.165) is 62.3 Å².